The van der Waals surface area contributed by atoms with Gasteiger partial charge in [0.05, 0.1) is 22.3 Å². The predicted molar refractivity (Wildman–Crippen MR) is 61.0 cm³/mol. The third kappa shape index (κ3) is 1.69. The van der Waals surface area contributed by atoms with Crippen LogP contribution in [0.1, 0.15) is 10.4 Å². The van der Waals surface area contributed by atoms with E-state index in [1.54, 1.807) is 6.07 Å². The molecule has 0 fully saturated rings. The van der Waals surface area contributed by atoms with Gasteiger partial charge in [-0.15, -0.1) is 11.3 Å². The van der Waals surface area contributed by atoms with E-state index in [1.165, 1.54) is 18.4 Å². The van der Waals surface area contributed by atoms with E-state index in [1.807, 2.05) is 5.38 Å². The van der Waals surface area contributed by atoms with Gasteiger partial charge in [0.15, 0.2) is 0 Å². The minimum atomic E-state index is -0.576. The molecule has 0 aliphatic rings. The fourth-order valence-corrected chi connectivity index (χ4v) is 2.68. The van der Waals surface area contributed by atoms with Crippen LogP contribution < -0.4 is 0 Å². The van der Waals surface area contributed by atoms with Crippen molar-refractivity contribution in [2.75, 3.05) is 7.11 Å². The molecule has 78 valence electrons. The number of aromatic nitrogens is 1. The highest BCUT2D eigenvalue weighted by atomic mass is 35.5. The number of pyridine rings is 1. The number of rotatable bonds is 1. The molecule has 0 amide bonds. The Labute approximate surface area is 99.6 Å². The monoisotopic (exact) mass is 261 g/mol. The Morgan fingerprint density at radius 1 is 1.53 bits per heavy atom. The summed E-state index contributed by atoms with van der Waals surface area (Å²) in [6.45, 7) is 0. The second kappa shape index (κ2) is 3.96. The number of nitrogens with zero attached hydrogens (tertiary/aromatic N) is 1. The van der Waals surface area contributed by atoms with Gasteiger partial charge in [0.1, 0.15) is 10.7 Å². The van der Waals surface area contributed by atoms with Crippen LogP contribution in [0.4, 0.5) is 0 Å². The Balaban J connectivity index is 2.78. The number of fused-ring (bicyclic) bond motifs is 1. The van der Waals surface area contributed by atoms with Crippen LogP contribution in [0, 0.1) is 0 Å². The first kappa shape index (κ1) is 10.7. The van der Waals surface area contributed by atoms with Crippen LogP contribution in [0.5, 0.6) is 0 Å². The quantitative estimate of drug-likeness (QED) is 0.584. The minimum absolute atomic E-state index is 0.0674. The molecule has 2 rings (SSSR count). The number of esters is 1. The summed E-state index contributed by atoms with van der Waals surface area (Å²) in [5.74, 6) is -0.576. The van der Waals surface area contributed by atoms with Crippen molar-refractivity contribution in [3.63, 3.8) is 0 Å². The van der Waals surface area contributed by atoms with Gasteiger partial charge in [-0.05, 0) is 11.4 Å². The molecule has 2 aromatic rings. The highest BCUT2D eigenvalue weighted by molar-refractivity contribution is 7.17. The van der Waals surface area contributed by atoms with Crippen LogP contribution in [0.25, 0.3) is 10.2 Å². The van der Waals surface area contributed by atoms with E-state index >= 15 is 0 Å². The maximum atomic E-state index is 11.4. The third-order valence-corrected chi connectivity index (χ3v) is 3.56. The molecule has 0 saturated heterocycles. The maximum absolute atomic E-state index is 11.4. The maximum Gasteiger partial charge on any atom is 0.342 e. The number of carbonyl (C=O) groups excluding carboxylic acids is 1. The van der Waals surface area contributed by atoms with Gasteiger partial charge in [-0.3, -0.25) is 0 Å². The molecule has 0 bridgehead atoms. The second-order valence-corrected chi connectivity index (χ2v) is 4.37. The van der Waals surface area contributed by atoms with Gasteiger partial charge in [-0.2, -0.15) is 0 Å². The Kier molecular flexibility index (Phi) is 2.82. The number of hydrogen-bond donors (Lipinski definition) is 0. The summed E-state index contributed by atoms with van der Waals surface area (Å²) in [6, 6.07) is 1.79. The van der Waals surface area contributed by atoms with Gasteiger partial charge < -0.3 is 4.74 Å². The molecular weight excluding hydrogens is 257 g/mol. The number of ether oxygens (including phenoxy) is 1. The highest BCUT2D eigenvalue weighted by Gasteiger charge is 2.20. The molecule has 6 heteroatoms. The lowest BCUT2D eigenvalue weighted by Gasteiger charge is -2.04. The van der Waals surface area contributed by atoms with E-state index in [9.17, 15) is 4.79 Å². The Bertz CT molecular complexity index is 538. The Morgan fingerprint density at radius 2 is 2.27 bits per heavy atom. The summed E-state index contributed by atoms with van der Waals surface area (Å²) < 4.78 is 5.32. The first-order valence-electron chi connectivity index (χ1n) is 3.95. The fourth-order valence-electron chi connectivity index (χ4n) is 1.20. The molecule has 0 aromatic carbocycles. The summed E-state index contributed by atoms with van der Waals surface area (Å²) in [7, 11) is 1.27. The molecule has 0 atom stereocenters. The molecule has 0 N–H and O–H groups in total. The molecule has 0 aliphatic carbocycles. The van der Waals surface area contributed by atoms with E-state index in [-0.39, 0.29) is 10.7 Å². The van der Waals surface area contributed by atoms with Crippen LogP contribution in [-0.2, 0) is 4.74 Å². The van der Waals surface area contributed by atoms with Gasteiger partial charge in [0, 0.05) is 0 Å². The van der Waals surface area contributed by atoms with E-state index in [2.05, 4.69) is 9.72 Å². The highest BCUT2D eigenvalue weighted by Crippen LogP contribution is 2.34. The van der Waals surface area contributed by atoms with Crippen molar-refractivity contribution in [2.24, 2.45) is 0 Å². The van der Waals surface area contributed by atoms with E-state index in [0.29, 0.717) is 10.5 Å². The molecule has 2 heterocycles. The third-order valence-electron chi connectivity index (χ3n) is 1.88. The van der Waals surface area contributed by atoms with Crippen molar-refractivity contribution in [3.8, 4) is 0 Å². The molecule has 0 unspecified atom stereocenters. The largest absolute Gasteiger partial charge is 0.465 e. The molecule has 2 aromatic heterocycles. The van der Waals surface area contributed by atoms with Gasteiger partial charge in [-0.1, -0.05) is 23.2 Å². The normalized spacial score (nSPS) is 10.6. The number of halogens is 2. The fraction of sp³-hybridized carbons (Fsp3) is 0.111. The lowest BCUT2D eigenvalue weighted by atomic mass is 10.2. The van der Waals surface area contributed by atoms with E-state index in [0.717, 1.165) is 4.70 Å². The Morgan fingerprint density at radius 3 is 2.93 bits per heavy atom. The topological polar surface area (TPSA) is 39.2 Å². The lowest BCUT2D eigenvalue weighted by molar-refractivity contribution is 0.0601. The number of hydrogen-bond acceptors (Lipinski definition) is 4. The molecular formula is C9H5Cl2NO2S. The van der Waals surface area contributed by atoms with Crippen LogP contribution in [-0.4, -0.2) is 18.1 Å². The summed E-state index contributed by atoms with van der Waals surface area (Å²) in [5.41, 5.74) is 0.804. The lowest BCUT2D eigenvalue weighted by Crippen LogP contribution is -2.04. The Hall–Kier alpha value is -0.840. The standard InChI is InChI=1S/C9H5Cl2NO2S/c1-14-9(13)5-6(10)7-4(2-3-15-7)12-8(5)11/h2-3H,1H3. The smallest absolute Gasteiger partial charge is 0.342 e. The van der Waals surface area contributed by atoms with Crippen molar-refractivity contribution < 1.29 is 9.53 Å². The van der Waals surface area contributed by atoms with Crippen LogP contribution >= 0.6 is 34.5 Å². The van der Waals surface area contributed by atoms with Crippen molar-refractivity contribution >= 4 is 50.7 Å². The molecule has 0 radical (unpaired) electrons. The summed E-state index contributed by atoms with van der Waals surface area (Å²) in [6.07, 6.45) is 0. The van der Waals surface area contributed by atoms with Crippen molar-refractivity contribution in [1.82, 2.24) is 4.98 Å². The average Bonchev–Trinajstić information content (AvgIpc) is 2.65. The number of carbonyl (C=O) groups is 1. The molecule has 15 heavy (non-hydrogen) atoms. The zero-order valence-corrected chi connectivity index (χ0v) is 9.91. The van der Waals surface area contributed by atoms with Crippen molar-refractivity contribution in [2.45, 2.75) is 0 Å². The molecule has 3 nitrogen and oxygen atoms in total. The summed E-state index contributed by atoms with van der Waals surface area (Å²) in [4.78, 5) is 15.5. The predicted octanol–water partition coefficient (Wildman–Crippen LogP) is 3.39. The number of methoxy groups -OCH3 is 1. The van der Waals surface area contributed by atoms with Crippen LogP contribution in [0.2, 0.25) is 10.2 Å². The SMILES string of the molecule is COC(=O)c1c(Cl)nc2ccsc2c1Cl. The average molecular weight is 262 g/mol. The first-order chi connectivity index (χ1) is 7.15. The minimum Gasteiger partial charge on any atom is -0.465 e. The van der Waals surface area contributed by atoms with Crippen LogP contribution in [0.3, 0.4) is 0 Å². The summed E-state index contributed by atoms with van der Waals surface area (Å²) >= 11 is 13.3. The van der Waals surface area contributed by atoms with Crippen LogP contribution in [0.15, 0.2) is 11.4 Å². The van der Waals surface area contributed by atoms with Crippen molar-refractivity contribution in [1.29, 1.82) is 0 Å². The molecule has 0 aliphatic heterocycles. The van der Waals surface area contributed by atoms with Gasteiger partial charge in [0.2, 0.25) is 0 Å². The zero-order chi connectivity index (χ0) is 11.0. The van der Waals surface area contributed by atoms with E-state index in [4.69, 9.17) is 23.2 Å². The van der Waals surface area contributed by atoms with Crippen molar-refractivity contribution in [3.05, 3.63) is 27.2 Å². The van der Waals surface area contributed by atoms with Gasteiger partial charge in [0.25, 0.3) is 0 Å². The second-order valence-electron chi connectivity index (χ2n) is 2.72. The zero-order valence-electron chi connectivity index (χ0n) is 7.58. The number of thiophene rings is 1. The summed E-state index contributed by atoms with van der Waals surface area (Å²) in [5, 5.41) is 2.20. The first-order valence-corrected chi connectivity index (χ1v) is 5.59. The molecule has 0 saturated carbocycles. The van der Waals surface area contributed by atoms with Gasteiger partial charge >= 0.3 is 5.97 Å². The van der Waals surface area contributed by atoms with Gasteiger partial charge in [-0.25, -0.2) is 9.78 Å². The molecule has 0 spiro atoms. The van der Waals surface area contributed by atoms with E-state index < -0.39 is 5.97 Å².